The van der Waals surface area contributed by atoms with Crippen LogP contribution in [0.4, 0.5) is 0 Å². The zero-order valence-electron chi connectivity index (χ0n) is 13.8. The predicted octanol–water partition coefficient (Wildman–Crippen LogP) is 3.10. The van der Waals surface area contributed by atoms with Crippen LogP contribution in [0.1, 0.15) is 31.3 Å². The largest absolute Gasteiger partial charge is 0.349 e. The van der Waals surface area contributed by atoms with Gasteiger partial charge in [0.05, 0.1) is 5.69 Å². The van der Waals surface area contributed by atoms with Crippen molar-refractivity contribution in [2.75, 3.05) is 19.5 Å². The van der Waals surface area contributed by atoms with Crippen LogP contribution in [-0.4, -0.2) is 29.4 Å². The summed E-state index contributed by atoms with van der Waals surface area (Å²) in [5.41, 5.74) is 1.52. The number of aromatic amines is 1. The summed E-state index contributed by atoms with van der Waals surface area (Å²) in [5.74, 6) is 0. The highest BCUT2D eigenvalue weighted by Gasteiger charge is 2.15. The van der Waals surface area contributed by atoms with Crippen LogP contribution in [0, 0.1) is 11.3 Å². The van der Waals surface area contributed by atoms with Gasteiger partial charge in [0, 0.05) is 24.3 Å². The molecule has 0 spiro atoms. The zero-order chi connectivity index (χ0) is 17.5. The summed E-state index contributed by atoms with van der Waals surface area (Å²) < 4.78 is 11.1. The van der Waals surface area contributed by atoms with Crippen LogP contribution in [0.5, 0.6) is 0 Å². The molecule has 1 aromatic heterocycles. The molecule has 7 heteroatoms. The molecule has 2 aromatic rings. The first kappa shape index (κ1) is 18.2. The van der Waals surface area contributed by atoms with Crippen molar-refractivity contribution < 1.29 is 9.47 Å². The molecular formula is C17H19N3O3S. The first-order valence-corrected chi connectivity index (χ1v) is 8.79. The molecule has 0 amide bonds. The van der Waals surface area contributed by atoms with E-state index in [9.17, 15) is 10.1 Å². The van der Waals surface area contributed by atoms with Gasteiger partial charge in [0.15, 0.2) is 11.4 Å². The van der Waals surface area contributed by atoms with E-state index in [1.807, 2.05) is 50.4 Å². The van der Waals surface area contributed by atoms with E-state index in [1.54, 1.807) is 0 Å². The maximum absolute atomic E-state index is 12.0. The number of nitrogens with one attached hydrogen (secondary N) is 1. The quantitative estimate of drug-likeness (QED) is 0.471. The molecule has 1 heterocycles. The standard InChI is InChI=1S/C17H19N3O3S/c1-4-22-16(23-5-2)12-8-6-11(7-9-12)14-13(10-18)15(21)20-17(19-14)24-3/h6-9,16H,4-5H2,1-3H3,(H,19,20,21). The molecule has 0 aliphatic heterocycles. The third kappa shape index (κ3) is 4.03. The van der Waals surface area contributed by atoms with Crippen molar-refractivity contribution in [2.24, 2.45) is 0 Å². The number of hydrogen-bond acceptors (Lipinski definition) is 6. The minimum atomic E-state index is -0.433. The average molecular weight is 345 g/mol. The minimum absolute atomic E-state index is 0.00622. The Morgan fingerprint density at radius 3 is 2.38 bits per heavy atom. The van der Waals surface area contributed by atoms with Gasteiger partial charge in [-0.05, 0) is 20.1 Å². The number of nitrogens with zero attached hydrogens (tertiary/aromatic N) is 2. The zero-order valence-corrected chi connectivity index (χ0v) is 14.6. The molecule has 0 unspecified atom stereocenters. The van der Waals surface area contributed by atoms with Crippen LogP contribution in [0.25, 0.3) is 11.3 Å². The molecule has 126 valence electrons. The van der Waals surface area contributed by atoms with Crippen LogP contribution in [0.15, 0.2) is 34.2 Å². The smallest absolute Gasteiger partial charge is 0.270 e. The number of rotatable bonds is 7. The van der Waals surface area contributed by atoms with Crippen LogP contribution in [-0.2, 0) is 9.47 Å². The Kier molecular flexibility index (Phi) is 6.55. The van der Waals surface area contributed by atoms with Crippen LogP contribution in [0.2, 0.25) is 0 Å². The lowest BCUT2D eigenvalue weighted by Gasteiger charge is -2.17. The van der Waals surface area contributed by atoms with Crippen molar-refractivity contribution in [3.05, 3.63) is 45.7 Å². The maximum atomic E-state index is 12.0. The molecule has 6 nitrogen and oxygen atoms in total. The summed E-state index contributed by atoms with van der Waals surface area (Å²) >= 11 is 1.32. The third-order valence-electron chi connectivity index (χ3n) is 3.30. The number of aromatic nitrogens is 2. The Bertz CT molecular complexity index is 775. The number of H-pyrrole nitrogens is 1. The van der Waals surface area contributed by atoms with Gasteiger partial charge in [-0.2, -0.15) is 5.26 Å². The van der Waals surface area contributed by atoms with Crippen molar-refractivity contribution in [3.63, 3.8) is 0 Å². The minimum Gasteiger partial charge on any atom is -0.349 e. The van der Waals surface area contributed by atoms with E-state index in [-0.39, 0.29) is 5.56 Å². The van der Waals surface area contributed by atoms with Gasteiger partial charge in [0.1, 0.15) is 11.6 Å². The van der Waals surface area contributed by atoms with Crippen molar-refractivity contribution in [1.29, 1.82) is 5.26 Å². The van der Waals surface area contributed by atoms with Crippen molar-refractivity contribution in [1.82, 2.24) is 9.97 Å². The molecule has 0 aliphatic rings. The van der Waals surface area contributed by atoms with E-state index in [4.69, 9.17) is 9.47 Å². The average Bonchev–Trinajstić information content (AvgIpc) is 2.61. The lowest BCUT2D eigenvalue weighted by atomic mass is 10.1. The van der Waals surface area contributed by atoms with Gasteiger partial charge in [-0.15, -0.1) is 0 Å². The number of ether oxygens (including phenoxy) is 2. The Morgan fingerprint density at radius 1 is 1.25 bits per heavy atom. The molecule has 0 radical (unpaired) electrons. The number of thioether (sulfide) groups is 1. The molecule has 24 heavy (non-hydrogen) atoms. The topological polar surface area (TPSA) is 88.0 Å². The Morgan fingerprint density at radius 2 is 1.88 bits per heavy atom. The SMILES string of the molecule is CCOC(OCC)c1ccc(-c2nc(SC)[nH]c(=O)c2C#N)cc1. The number of benzene rings is 1. The van der Waals surface area contributed by atoms with Gasteiger partial charge >= 0.3 is 0 Å². The molecule has 0 aliphatic carbocycles. The molecular weight excluding hydrogens is 326 g/mol. The first-order chi connectivity index (χ1) is 11.6. The highest BCUT2D eigenvalue weighted by molar-refractivity contribution is 7.98. The van der Waals surface area contributed by atoms with E-state index >= 15 is 0 Å². The monoisotopic (exact) mass is 345 g/mol. The maximum Gasteiger partial charge on any atom is 0.270 e. The van der Waals surface area contributed by atoms with Gasteiger partial charge in [-0.1, -0.05) is 36.0 Å². The Labute approximate surface area is 144 Å². The van der Waals surface area contributed by atoms with Gasteiger partial charge in [0.25, 0.3) is 5.56 Å². The second kappa shape index (κ2) is 8.64. The van der Waals surface area contributed by atoms with Gasteiger partial charge in [-0.3, -0.25) is 4.79 Å². The summed E-state index contributed by atoms with van der Waals surface area (Å²) in [6.45, 7) is 4.89. The Balaban J connectivity index is 2.43. The molecule has 0 bridgehead atoms. The number of nitriles is 1. The van der Waals surface area contributed by atoms with E-state index in [0.29, 0.717) is 29.6 Å². The van der Waals surface area contributed by atoms with Crippen LogP contribution < -0.4 is 5.56 Å². The second-order valence-electron chi connectivity index (χ2n) is 4.78. The molecule has 0 atom stereocenters. The summed E-state index contributed by atoms with van der Waals surface area (Å²) in [6.07, 6.45) is 1.38. The van der Waals surface area contributed by atoms with Gasteiger partial charge in [0.2, 0.25) is 0 Å². The first-order valence-electron chi connectivity index (χ1n) is 7.56. The molecule has 1 aromatic carbocycles. The van der Waals surface area contributed by atoms with Gasteiger partial charge < -0.3 is 14.5 Å². The van der Waals surface area contributed by atoms with Crippen LogP contribution in [0.3, 0.4) is 0 Å². The van der Waals surface area contributed by atoms with Crippen LogP contribution >= 0.6 is 11.8 Å². The van der Waals surface area contributed by atoms with E-state index in [0.717, 1.165) is 5.56 Å². The third-order valence-corrected chi connectivity index (χ3v) is 3.88. The van der Waals surface area contributed by atoms with E-state index in [2.05, 4.69) is 9.97 Å². The summed E-state index contributed by atoms with van der Waals surface area (Å²) in [5, 5.41) is 9.72. The number of hydrogen-bond donors (Lipinski definition) is 1. The summed E-state index contributed by atoms with van der Waals surface area (Å²) in [7, 11) is 0. The lowest BCUT2D eigenvalue weighted by Crippen LogP contribution is -2.14. The van der Waals surface area contributed by atoms with E-state index < -0.39 is 11.8 Å². The summed E-state index contributed by atoms with van der Waals surface area (Å²) in [6, 6.07) is 9.26. The van der Waals surface area contributed by atoms with Crippen molar-refractivity contribution in [2.45, 2.75) is 25.3 Å². The fourth-order valence-corrected chi connectivity index (χ4v) is 2.58. The molecule has 0 saturated carbocycles. The highest BCUT2D eigenvalue weighted by Crippen LogP contribution is 2.25. The fourth-order valence-electron chi connectivity index (χ4n) is 2.20. The molecule has 1 N–H and O–H groups in total. The predicted molar refractivity (Wildman–Crippen MR) is 92.8 cm³/mol. The second-order valence-corrected chi connectivity index (χ2v) is 5.57. The fraction of sp³-hybridized carbons (Fsp3) is 0.353. The lowest BCUT2D eigenvalue weighted by molar-refractivity contribution is -0.140. The molecule has 0 saturated heterocycles. The Hall–Kier alpha value is -2.14. The highest BCUT2D eigenvalue weighted by atomic mass is 32.2. The van der Waals surface area contributed by atoms with Gasteiger partial charge in [-0.25, -0.2) is 4.98 Å². The van der Waals surface area contributed by atoms with E-state index in [1.165, 1.54) is 11.8 Å². The normalized spacial score (nSPS) is 10.8. The van der Waals surface area contributed by atoms with Crippen molar-refractivity contribution in [3.8, 4) is 17.3 Å². The summed E-state index contributed by atoms with van der Waals surface area (Å²) in [4.78, 5) is 18.9. The van der Waals surface area contributed by atoms with Crippen molar-refractivity contribution >= 4 is 11.8 Å². The molecule has 0 fully saturated rings. The molecule has 2 rings (SSSR count).